The fourth-order valence-electron chi connectivity index (χ4n) is 1.93. The molecule has 0 aromatic carbocycles. The maximum absolute atomic E-state index is 11.3. The van der Waals surface area contributed by atoms with Gasteiger partial charge in [-0.05, 0) is 25.2 Å². The highest BCUT2D eigenvalue weighted by atomic mass is 16.5. The number of esters is 1. The average molecular weight is 182 g/mol. The molecule has 0 amide bonds. The lowest BCUT2D eigenvalue weighted by molar-refractivity contribution is -0.143. The van der Waals surface area contributed by atoms with Crippen LogP contribution in [-0.2, 0) is 9.53 Å². The quantitative estimate of drug-likeness (QED) is 0.484. The van der Waals surface area contributed by atoms with Crippen molar-refractivity contribution in [3.63, 3.8) is 0 Å². The number of carbonyl (C=O) groups is 1. The summed E-state index contributed by atoms with van der Waals surface area (Å²) in [6.07, 6.45) is 2.17. The zero-order valence-corrected chi connectivity index (χ0v) is 9.05. The number of rotatable bonds is 2. The molecule has 74 valence electrons. The lowest BCUT2D eigenvalue weighted by atomic mass is 10.1. The Labute approximate surface area is 80.0 Å². The highest BCUT2D eigenvalue weighted by molar-refractivity contribution is 5.78. The first kappa shape index (κ1) is 10.3. The SMILES string of the molecule is COC(=O)[C@@H]1C(C=C(C)C)C1(C)C. The Balaban J connectivity index is 2.72. The van der Waals surface area contributed by atoms with Crippen LogP contribution in [0.3, 0.4) is 0 Å². The van der Waals surface area contributed by atoms with Crippen LogP contribution in [0.5, 0.6) is 0 Å². The monoisotopic (exact) mass is 182 g/mol. The first-order chi connectivity index (χ1) is 5.91. The van der Waals surface area contributed by atoms with Gasteiger partial charge in [0, 0.05) is 0 Å². The fraction of sp³-hybridized carbons (Fsp3) is 0.727. The second-order valence-corrected chi connectivity index (χ2v) is 4.59. The molecule has 1 aliphatic rings. The summed E-state index contributed by atoms with van der Waals surface area (Å²) in [5.74, 6) is 0.352. The second-order valence-electron chi connectivity index (χ2n) is 4.59. The van der Waals surface area contributed by atoms with E-state index in [0.29, 0.717) is 5.92 Å². The molecule has 2 nitrogen and oxygen atoms in total. The van der Waals surface area contributed by atoms with E-state index in [1.807, 2.05) is 0 Å². The van der Waals surface area contributed by atoms with Crippen molar-refractivity contribution in [3.8, 4) is 0 Å². The van der Waals surface area contributed by atoms with Crippen LogP contribution >= 0.6 is 0 Å². The zero-order chi connectivity index (χ0) is 10.2. The molecule has 1 aliphatic carbocycles. The number of methoxy groups -OCH3 is 1. The molecular weight excluding hydrogens is 164 g/mol. The summed E-state index contributed by atoms with van der Waals surface area (Å²) in [4.78, 5) is 11.3. The van der Waals surface area contributed by atoms with E-state index in [1.165, 1.54) is 12.7 Å². The molecule has 2 atom stereocenters. The van der Waals surface area contributed by atoms with Gasteiger partial charge in [0.15, 0.2) is 0 Å². The molecular formula is C11H18O2. The lowest BCUT2D eigenvalue weighted by Gasteiger charge is -1.99. The summed E-state index contributed by atoms with van der Waals surface area (Å²) in [5.41, 5.74) is 1.36. The Hall–Kier alpha value is -0.790. The van der Waals surface area contributed by atoms with Gasteiger partial charge >= 0.3 is 5.97 Å². The third kappa shape index (κ3) is 1.77. The maximum atomic E-state index is 11.3. The van der Waals surface area contributed by atoms with Gasteiger partial charge in [0.25, 0.3) is 0 Å². The molecule has 1 fully saturated rings. The van der Waals surface area contributed by atoms with E-state index >= 15 is 0 Å². The molecule has 0 bridgehead atoms. The Morgan fingerprint density at radius 1 is 1.38 bits per heavy atom. The van der Waals surface area contributed by atoms with Crippen LogP contribution in [0, 0.1) is 17.3 Å². The van der Waals surface area contributed by atoms with Crippen molar-refractivity contribution in [3.05, 3.63) is 11.6 Å². The minimum atomic E-state index is -0.0764. The molecule has 1 unspecified atom stereocenters. The Kier molecular flexibility index (Phi) is 2.51. The van der Waals surface area contributed by atoms with Crippen molar-refractivity contribution in [2.24, 2.45) is 17.3 Å². The van der Waals surface area contributed by atoms with Gasteiger partial charge in [-0.2, -0.15) is 0 Å². The summed E-state index contributed by atoms with van der Waals surface area (Å²) in [7, 11) is 1.45. The highest BCUT2D eigenvalue weighted by Crippen LogP contribution is 2.59. The largest absolute Gasteiger partial charge is 0.469 e. The molecule has 0 spiro atoms. The first-order valence-electron chi connectivity index (χ1n) is 4.64. The van der Waals surface area contributed by atoms with Crippen molar-refractivity contribution in [1.82, 2.24) is 0 Å². The van der Waals surface area contributed by atoms with Crippen LogP contribution in [-0.4, -0.2) is 13.1 Å². The number of hydrogen-bond acceptors (Lipinski definition) is 2. The summed E-state index contributed by atoms with van der Waals surface area (Å²) >= 11 is 0. The average Bonchev–Trinajstić information content (AvgIpc) is 2.51. The number of carbonyl (C=O) groups excluding carboxylic acids is 1. The maximum Gasteiger partial charge on any atom is 0.309 e. The van der Waals surface area contributed by atoms with Gasteiger partial charge in [0.1, 0.15) is 0 Å². The van der Waals surface area contributed by atoms with Crippen LogP contribution < -0.4 is 0 Å². The Bertz CT molecular complexity index is 247. The summed E-state index contributed by atoms with van der Waals surface area (Å²) in [6, 6.07) is 0. The van der Waals surface area contributed by atoms with Gasteiger partial charge in [-0.15, -0.1) is 0 Å². The third-order valence-corrected chi connectivity index (χ3v) is 2.88. The van der Waals surface area contributed by atoms with E-state index in [9.17, 15) is 4.79 Å². The molecule has 0 aromatic rings. The second kappa shape index (κ2) is 3.17. The molecule has 1 saturated carbocycles. The Morgan fingerprint density at radius 2 is 1.92 bits per heavy atom. The van der Waals surface area contributed by atoms with Crippen molar-refractivity contribution < 1.29 is 9.53 Å². The van der Waals surface area contributed by atoms with E-state index in [2.05, 4.69) is 33.8 Å². The van der Waals surface area contributed by atoms with Crippen LogP contribution in [0.25, 0.3) is 0 Å². The standard InChI is InChI=1S/C11H18O2/c1-7(2)6-8-9(10(12)13-5)11(8,3)4/h6,8-9H,1-5H3/t8?,9-/m0/s1. The summed E-state index contributed by atoms with van der Waals surface area (Å²) in [5, 5.41) is 0. The lowest BCUT2D eigenvalue weighted by Crippen LogP contribution is -2.07. The molecule has 0 aliphatic heterocycles. The van der Waals surface area contributed by atoms with Crippen LogP contribution in [0.15, 0.2) is 11.6 Å². The van der Waals surface area contributed by atoms with Crippen molar-refractivity contribution in [1.29, 1.82) is 0 Å². The fourth-order valence-corrected chi connectivity index (χ4v) is 1.93. The Morgan fingerprint density at radius 3 is 2.31 bits per heavy atom. The van der Waals surface area contributed by atoms with E-state index < -0.39 is 0 Å². The zero-order valence-electron chi connectivity index (χ0n) is 9.05. The normalized spacial score (nSPS) is 29.3. The predicted octanol–water partition coefficient (Wildman–Crippen LogP) is 2.40. The number of allylic oxidation sites excluding steroid dienone is 2. The molecule has 0 heterocycles. The molecule has 0 saturated heterocycles. The first-order valence-corrected chi connectivity index (χ1v) is 4.64. The molecule has 0 radical (unpaired) electrons. The van der Waals surface area contributed by atoms with Gasteiger partial charge in [-0.25, -0.2) is 0 Å². The van der Waals surface area contributed by atoms with Gasteiger partial charge < -0.3 is 4.74 Å². The molecule has 2 heteroatoms. The van der Waals surface area contributed by atoms with E-state index in [1.54, 1.807) is 0 Å². The van der Waals surface area contributed by atoms with Gasteiger partial charge in [0.05, 0.1) is 13.0 Å². The molecule has 0 N–H and O–H groups in total. The van der Waals surface area contributed by atoms with Crippen molar-refractivity contribution >= 4 is 5.97 Å². The van der Waals surface area contributed by atoms with Gasteiger partial charge in [-0.1, -0.05) is 25.5 Å². The van der Waals surface area contributed by atoms with Crippen LogP contribution in [0.1, 0.15) is 27.7 Å². The number of ether oxygens (including phenoxy) is 1. The van der Waals surface area contributed by atoms with Gasteiger partial charge in [-0.3, -0.25) is 4.79 Å². The van der Waals surface area contributed by atoms with Crippen molar-refractivity contribution in [2.75, 3.05) is 7.11 Å². The molecule has 1 rings (SSSR count). The third-order valence-electron chi connectivity index (χ3n) is 2.88. The number of hydrogen-bond donors (Lipinski definition) is 0. The highest BCUT2D eigenvalue weighted by Gasteiger charge is 2.61. The topological polar surface area (TPSA) is 26.3 Å². The van der Waals surface area contributed by atoms with Crippen LogP contribution in [0.2, 0.25) is 0 Å². The smallest absolute Gasteiger partial charge is 0.309 e. The summed E-state index contributed by atoms with van der Waals surface area (Å²) in [6.45, 7) is 8.34. The van der Waals surface area contributed by atoms with Crippen molar-refractivity contribution in [2.45, 2.75) is 27.7 Å². The van der Waals surface area contributed by atoms with Crippen LogP contribution in [0.4, 0.5) is 0 Å². The van der Waals surface area contributed by atoms with Gasteiger partial charge in [0.2, 0.25) is 0 Å². The van der Waals surface area contributed by atoms with E-state index in [0.717, 1.165) is 0 Å². The predicted molar refractivity (Wildman–Crippen MR) is 52.2 cm³/mol. The minimum absolute atomic E-state index is 0.0624. The summed E-state index contributed by atoms with van der Waals surface area (Å²) < 4.78 is 4.75. The molecule has 13 heavy (non-hydrogen) atoms. The molecule has 0 aromatic heterocycles. The van der Waals surface area contributed by atoms with E-state index in [-0.39, 0.29) is 17.3 Å². The van der Waals surface area contributed by atoms with E-state index in [4.69, 9.17) is 4.74 Å². The minimum Gasteiger partial charge on any atom is -0.469 e.